The molecule has 0 radical (unpaired) electrons. The van der Waals surface area contributed by atoms with E-state index in [0.717, 1.165) is 35.8 Å². The molecule has 1 aliphatic rings. The van der Waals surface area contributed by atoms with Crippen LogP contribution in [0.5, 0.6) is 5.75 Å². The van der Waals surface area contributed by atoms with Crippen LogP contribution in [0.3, 0.4) is 0 Å². The molecule has 0 spiro atoms. The third-order valence-electron chi connectivity index (χ3n) is 3.94. The summed E-state index contributed by atoms with van der Waals surface area (Å²) in [4.78, 5) is 4.29. The molecule has 2 atom stereocenters. The fourth-order valence-electron chi connectivity index (χ4n) is 3.35. The Morgan fingerprint density at radius 2 is 2.16 bits per heavy atom. The summed E-state index contributed by atoms with van der Waals surface area (Å²) in [7, 11) is 0. The minimum atomic E-state index is 0.297. The van der Waals surface area contributed by atoms with Crippen LogP contribution in [0.1, 0.15) is 51.3 Å². The molecular weight excluding hydrogens is 236 g/mol. The van der Waals surface area contributed by atoms with Crippen molar-refractivity contribution in [2.24, 2.45) is 17.1 Å². The lowest BCUT2D eigenvalue weighted by Gasteiger charge is -2.39. The van der Waals surface area contributed by atoms with Gasteiger partial charge in [0.05, 0.1) is 6.10 Å². The van der Waals surface area contributed by atoms with Crippen molar-refractivity contribution >= 4 is 0 Å². The van der Waals surface area contributed by atoms with E-state index in [1.807, 2.05) is 19.2 Å². The minimum Gasteiger partial charge on any atom is -0.490 e. The molecule has 106 valence electrons. The highest BCUT2D eigenvalue weighted by Crippen LogP contribution is 2.40. The highest BCUT2D eigenvalue weighted by molar-refractivity contribution is 5.33. The molecule has 1 aromatic heterocycles. The number of nitrogens with zero attached hydrogens (tertiary/aromatic N) is 1. The van der Waals surface area contributed by atoms with E-state index >= 15 is 0 Å². The number of rotatable bonds is 3. The molecule has 0 saturated heterocycles. The van der Waals surface area contributed by atoms with Gasteiger partial charge in [-0.3, -0.25) is 4.98 Å². The average molecular weight is 262 g/mol. The average Bonchev–Trinajstić information content (AvgIpc) is 2.26. The van der Waals surface area contributed by atoms with Gasteiger partial charge in [-0.2, -0.15) is 0 Å². The SMILES string of the molecule is Cc1cc(OC2CC(C)CC(C)(C)C2)c(CN)cn1. The summed E-state index contributed by atoms with van der Waals surface area (Å²) in [5, 5.41) is 0. The molecule has 1 aromatic rings. The zero-order valence-electron chi connectivity index (χ0n) is 12.6. The maximum atomic E-state index is 6.24. The Morgan fingerprint density at radius 1 is 1.42 bits per heavy atom. The van der Waals surface area contributed by atoms with Gasteiger partial charge in [0.2, 0.25) is 0 Å². The molecule has 1 fully saturated rings. The van der Waals surface area contributed by atoms with Crippen molar-refractivity contribution < 1.29 is 4.74 Å². The summed E-state index contributed by atoms with van der Waals surface area (Å²) in [6, 6.07) is 2.01. The zero-order valence-corrected chi connectivity index (χ0v) is 12.6. The summed E-state index contributed by atoms with van der Waals surface area (Å²) < 4.78 is 6.24. The fraction of sp³-hybridized carbons (Fsp3) is 0.688. The summed E-state index contributed by atoms with van der Waals surface area (Å²) in [5.74, 6) is 1.64. The van der Waals surface area contributed by atoms with Gasteiger partial charge in [-0.1, -0.05) is 20.8 Å². The second kappa shape index (κ2) is 5.49. The third kappa shape index (κ3) is 3.69. The first-order chi connectivity index (χ1) is 8.89. The van der Waals surface area contributed by atoms with Crippen LogP contribution in [0.4, 0.5) is 0 Å². The smallest absolute Gasteiger partial charge is 0.127 e. The van der Waals surface area contributed by atoms with Crippen LogP contribution in [0.2, 0.25) is 0 Å². The Bertz CT molecular complexity index is 442. The minimum absolute atomic E-state index is 0.297. The first-order valence-corrected chi connectivity index (χ1v) is 7.22. The molecule has 3 heteroatoms. The fourth-order valence-corrected chi connectivity index (χ4v) is 3.35. The monoisotopic (exact) mass is 262 g/mol. The third-order valence-corrected chi connectivity index (χ3v) is 3.94. The molecule has 2 N–H and O–H groups in total. The van der Waals surface area contributed by atoms with E-state index < -0.39 is 0 Å². The Balaban J connectivity index is 2.14. The van der Waals surface area contributed by atoms with Crippen LogP contribution in [-0.2, 0) is 6.54 Å². The van der Waals surface area contributed by atoms with Crippen molar-refractivity contribution in [2.75, 3.05) is 0 Å². The predicted molar refractivity (Wildman–Crippen MR) is 78.1 cm³/mol. The van der Waals surface area contributed by atoms with Crippen molar-refractivity contribution in [1.29, 1.82) is 0 Å². The molecule has 1 aliphatic carbocycles. The van der Waals surface area contributed by atoms with Crippen LogP contribution in [0, 0.1) is 18.3 Å². The Morgan fingerprint density at radius 3 is 2.79 bits per heavy atom. The molecule has 19 heavy (non-hydrogen) atoms. The molecule has 0 bridgehead atoms. The van der Waals surface area contributed by atoms with Crippen molar-refractivity contribution in [3.05, 3.63) is 23.5 Å². The van der Waals surface area contributed by atoms with Crippen LogP contribution in [-0.4, -0.2) is 11.1 Å². The number of aryl methyl sites for hydroxylation is 1. The maximum Gasteiger partial charge on any atom is 0.127 e. The van der Waals surface area contributed by atoms with Crippen molar-refractivity contribution in [2.45, 2.75) is 59.6 Å². The van der Waals surface area contributed by atoms with E-state index in [2.05, 4.69) is 25.8 Å². The molecule has 2 unspecified atom stereocenters. The maximum absolute atomic E-state index is 6.24. The molecule has 1 heterocycles. The van der Waals surface area contributed by atoms with E-state index in [9.17, 15) is 0 Å². The van der Waals surface area contributed by atoms with E-state index in [1.165, 1.54) is 6.42 Å². The highest BCUT2D eigenvalue weighted by Gasteiger charge is 2.33. The molecule has 0 aliphatic heterocycles. The second-order valence-electron chi connectivity index (χ2n) is 6.79. The number of pyridine rings is 1. The van der Waals surface area contributed by atoms with Gasteiger partial charge in [0.1, 0.15) is 5.75 Å². The number of aromatic nitrogens is 1. The second-order valence-corrected chi connectivity index (χ2v) is 6.79. The van der Waals surface area contributed by atoms with Gasteiger partial charge in [-0.15, -0.1) is 0 Å². The van der Waals surface area contributed by atoms with E-state index in [0.29, 0.717) is 18.1 Å². The lowest BCUT2D eigenvalue weighted by Crippen LogP contribution is -2.34. The van der Waals surface area contributed by atoms with Gasteiger partial charge < -0.3 is 10.5 Å². The Labute approximate surface area is 116 Å². The number of hydrogen-bond donors (Lipinski definition) is 1. The number of ether oxygens (including phenoxy) is 1. The summed E-state index contributed by atoms with van der Waals surface area (Å²) in [5.41, 5.74) is 8.12. The standard InChI is InChI=1S/C16H26N2O/c1-11-5-14(8-16(3,4)7-11)19-15-6-12(2)18-10-13(15)9-17/h6,10-11,14H,5,7-9,17H2,1-4H3. The predicted octanol–water partition coefficient (Wildman–Crippen LogP) is 3.44. The largest absolute Gasteiger partial charge is 0.490 e. The zero-order chi connectivity index (χ0) is 14.0. The lowest BCUT2D eigenvalue weighted by atomic mass is 9.71. The first-order valence-electron chi connectivity index (χ1n) is 7.22. The van der Waals surface area contributed by atoms with Gasteiger partial charge in [0, 0.05) is 30.1 Å². The normalized spacial score (nSPS) is 26.2. The van der Waals surface area contributed by atoms with Crippen molar-refractivity contribution in [1.82, 2.24) is 4.98 Å². The van der Waals surface area contributed by atoms with Gasteiger partial charge in [0.25, 0.3) is 0 Å². The van der Waals surface area contributed by atoms with Crippen molar-refractivity contribution in [3.8, 4) is 5.75 Å². The summed E-state index contributed by atoms with van der Waals surface area (Å²) in [6.07, 6.45) is 5.66. The number of nitrogens with two attached hydrogens (primary N) is 1. The van der Waals surface area contributed by atoms with E-state index in [-0.39, 0.29) is 0 Å². The molecule has 2 rings (SSSR count). The number of hydrogen-bond acceptors (Lipinski definition) is 3. The van der Waals surface area contributed by atoms with Crippen LogP contribution < -0.4 is 10.5 Å². The molecule has 3 nitrogen and oxygen atoms in total. The lowest BCUT2D eigenvalue weighted by molar-refractivity contribution is 0.0555. The topological polar surface area (TPSA) is 48.1 Å². The quantitative estimate of drug-likeness (QED) is 0.907. The highest BCUT2D eigenvalue weighted by atomic mass is 16.5. The molecule has 0 amide bonds. The Kier molecular flexibility index (Phi) is 4.14. The van der Waals surface area contributed by atoms with Crippen molar-refractivity contribution in [3.63, 3.8) is 0 Å². The Hall–Kier alpha value is -1.09. The molecular formula is C16H26N2O. The van der Waals surface area contributed by atoms with Crippen LogP contribution in [0.25, 0.3) is 0 Å². The first kappa shape index (κ1) is 14.3. The van der Waals surface area contributed by atoms with Gasteiger partial charge in [-0.25, -0.2) is 0 Å². The summed E-state index contributed by atoms with van der Waals surface area (Å²) in [6.45, 7) is 9.45. The van der Waals surface area contributed by atoms with Crippen LogP contribution >= 0.6 is 0 Å². The van der Waals surface area contributed by atoms with E-state index in [4.69, 9.17) is 10.5 Å². The summed E-state index contributed by atoms with van der Waals surface area (Å²) >= 11 is 0. The van der Waals surface area contributed by atoms with Crippen LogP contribution in [0.15, 0.2) is 12.3 Å². The van der Waals surface area contributed by atoms with Gasteiger partial charge >= 0.3 is 0 Å². The van der Waals surface area contributed by atoms with Gasteiger partial charge in [0.15, 0.2) is 0 Å². The van der Waals surface area contributed by atoms with E-state index in [1.54, 1.807) is 0 Å². The van der Waals surface area contributed by atoms with Gasteiger partial charge in [-0.05, 0) is 37.5 Å². The molecule has 0 aromatic carbocycles. The molecule has 1 saturated carbocycles.